The van der Waals surface area contributed by atoms with Crippen molar-refractivity contribution in [2.24, 2.45) is 0 Å². The molecule has 0 N–H and O–H groups in total. The van der Waals surface area contributed by atoms with Crippen molar-refractivity contribution < 1.29 is 13.7 Å². The Morgan fingerprint density at radius 2 is 2.17 bits per heavy atom. The molecule has 0 saturated carbocycles. The van der Waals surface area contributed by atoms with Crippen molar-refractivity contribution in [3.8, 4) is 0 Å². The SMILES string of the molecule is CCOC(=O)C1CC(C)=CCN1S(=O)C(C)(C)C. The molecule has 0 aliphatic carbocycles. The van der Waals surface area contributed by atoms with Crippen molar-refractivity contribution in [2.45, 2.75) is 51.8 Å². The molecule has 2 unspecified atom stereocenters. The van der Waals surface area contributed by atoms with E-state index in [0.717, 1.165) is 5.57 Å². The fourth-order valence-electron chi connectivity index (χ4n) is 1.84. The minimum absolute atomic E-state index is 0.275. The molecule has 5 heteroatoms. The Morgan fingerprint density at radius 1 is 1.56 bits per heavy atom. The van der Waals surface area contributed by atoms with E-state index in [-0.39, 0.29) is 10.7 Å². The number of carbonyl (C=O) groups is 1. The van der Waals surface area contributed by atoms with Gasteiger partial charge in [0.2, 0.25) is 0 Å². The summed E-state index contributed by atoms with van der Waals surface area (Å²) in [4.78, 5) is 12.0. The molecule has 1 rings (SSSR count). The summed E-state index contributed by atoms with van der Waals surface area (Å²) in [5.41, 5.74) is 1.15. The first kappa shape index (κ1) is 15.4. The van der Waals surface area contributed by atoms with E-state index >= 15 is 0 Å². The van der Waals surface area contributed by atoms with Gasteiger partial charge in [-0.1, -0.05) is 11.6 Å². The third kappa shape index (κ3) is 3.65. The fraction of sp³-hybridized carbons (Fsp3) is 0.769. The van der Waals surface area contributed by atoms with Gasteiger partial charge in [-0.25, -0.2) is 8.51 Å². The Labute approximate surface area is 112 Å². The molecule has 1 aliphatic heterocycles. The van der Waals surface area contributed by atoms with Crippen molar-refractivity contribution in [1.82, 2.24) is 4.31 Å². The number of esters is 1. The van der Waals surface area contributed by atoms with Gasteiger partial charge in [0.25, 0.3) is 0 Å². The maximum atomic E-state index is 12.4. The first-order chi connectivity index (χ1) is 8.27. The van der Waals surface area contributed by atoms with Gasteiger partial charge >= 0.3 is 5.97 Å². The number of hydrogen-bond acceptors (Lipinski definition) is 3. The van der Waals surface area contributed by atoms with E-state index in [1.165, 1.54) is 0 Å². The summed E-state index contributed by atoms with van der Waals surface area (Å²) in [6.07, 6.45) is 2.63. The lowest BCUT2D eigenvalue weighted by atomic mass is 10.0. The Hall–Kier alpha value is -0.680. The van der Waals surface area contributed by atoms with Crippen LogP contribution in [-0.2, 0) is 20.5 Å². The molecular formula is C13H23NO3S. The highest BCUT2D eigenvalue weighted by Gasteiger charge is 2.37. The van der Waals surface area contributed by atoms with Crippen LogP contribution in [0, 0.1) is 0 Å². The highest BCUT2D eigenvalue weighted by Crippen LogP contribution is 2.25. The molecule has 0 aromatic rings. The van der Waals surface area contributed by atoms with Gasteiger partial charge in [-0.3, -0.25) is 4.79 Å². The van der Waals surface area contributed by atoms with Crippen LogP contribution in [0.1, 0.15) is 41.0 Å². The first-order valence-corrected chi connectivity index (χ1v) is 7.39. The zero-order valence-corrected chi connectivity index (χ0v) is 12.7. The summed E-state index contributed by atoms with van der Waals surface area (Å²) >= 11 is 0. The van der Waals surface area contributed by atoms with Gasteiger partial charge in [-0.15, -0.1) is 0 Å². The van der Waals surface area contributed by atoms with Gasteiger partial charge in [0.1, 0.15) is 17.0 Å². The molecule has 0 aromatic carbocycles. The largest absolute Gasteiger partial charge is 0.465 e. The molecule has 104 valence electrons. The van der Waals surface area contributed by atoms with Crippen molar-refractivity contribution in [1.29, 1.82) is 0 Å². The van der Waals surface area contributed by atoms with Crippen molar-refractivity contribution in [3.05, 3.63) is 11.6 Å². The van der Waals surface area contributed by atoms with Crippen molar-refractivity contribution >= 4 is 17.0 Å². The Bertz CT molecular complexity index is 371. The lowest BCUT2D eigenvalue weighted by molar-refractivity contribution is -0.147. The molecule has 0 aromatic heterocycles. The number of hydrogen-bond donors (Lipinski definition) is 0. The van der Waals surface area contributed by atoms with Crippen LogP contribution < -0.4 is 0 Å². The molecule has 0 saturated heterocycles. The summed E-state index contributed by atoms with van der Waals surface area (Å²) in [5, 5.41) is 0. The van der Waals surface area contributed by atoms with E-state index in [4.69, 9.17) is 4.74 Å². The predicted octanol–water partition coefficient (Wildman–Crippen LogP) is 2.03. The number of carbonyl (C=O) groups excluding carboxylic acids is 1. The van der Waals surface area contributed by atoms with Gasteiger partial charge in [0.15, 0.2) is 0 Å². The smallest absolute Gasteiger partial charge is 0.324 e. The van der Waals surface area contributed by atoms with Gasteiger partial charge in [0.05, 0.1) is 11.4 Å². The van der Waals surface area contributed by atoms with Crippen molar-refractivity contribution in [2.75, 3.05) is 13.2 Å². The summed E-state index contributed by atoms with van der Waals surface area (Å²) in [6.45, 7) is 10.4. The van der Waals surface area contributed by atoms with Gasteiger partial charge in [-0.05, 0) is 41.0 Å². The van der Waals surface area contributed by atoms with Crippen LogP contribution in [0.4, 0.5) is 0 Å². The van der Waals surface area contributed by atoms with Crippen LogP contribution in [0.5, 0.6) is 0 Å². The summed E-state index contributed by atoms with van der Waals surface area (Å²) in [5.74, 6) is -0.275. The quantitative estimate of drug-likeness (QED) is 0.584. The van der Waals surface area contributed by atoms with Crippen LogP contribution in [0.25, 0.3) is 0 Å². The first-order valence-electron chi connectivity index (χ1n) is 6.28. The summed E-state index contributed by atoms with van der Waals surface area (Å²) in [6, 6.07) is -0.421. The van der Waals surface area contributed by atoms with Crippen LogP contribution in [0.15, 0.2) is 11.6 Å². The molecule has 0 amide bonds. The molecule has 0 bridgehead atoms. The second-order valence-electron chi connectivity index (χ2n) is 5.48. The average Bonchev–Trinajstić information content (AvgIpc) is 2.27. The maximum Gasteiger partial charge on any atom is 0.324 e. The molecule has 0 fully saturated rings. The molecular weight excluding hydrogens is 250 g/mol. The Balaban J connectivity index is 2.93. The number of ether oxygens (including phenoxy) is 1. The zero-order chi connectivity index (χ0) is 13.9. The minimum Gasteiger partial charge on any atom is -0.465 e. The lowest BCUT2D eigenvalue weighted by Gasteiger charge is -2.35. The molecule has 4 nitrogen and oxygen atoms in total. The molecule has 1 aliphatic rings. The highest BCUT2D eigenvalue weighted by molar-refractivity contribution is 7.84. The van der Waals surface area contributed by atoms with Gasteiger partial charge in [-0.2, -0.15) is 0 Å². The Morgan fingerprint density at radius 3 is 2.67 bits per heavy atom. The second kappa shape index (κ2) is 5.97. The average molecular weight is 273 g/mol. The van der Waals surface area contributed by atoms with Crippen LogP contribution >= 0.6 is 0 Å². The van der Waals surface area contributed by atoms with Crippen LogP contribution in [0.3, 0.4) is 0 Å². The van der Waals surface area contributed by atoms with E-state index in [1.807, 2.05) is 33.8 Å². The maximum absolute atomic E-state index is 12.4. The normalized spacial score (nSPS) is 23.4. The standard InChI is InChI=1S/C13H23NO3S/c1-6-17-12(15)11-9-10(2)7-8-14(11)18(16)13(3,4)5/h7,11H,6,8-9H2,1-5H3. The van der Waals surface area contributed by atoms with E-state index in [9.17, 15) is 9.00 Å². The van der Waals surface area contributed by atoms with Crippen LogP contribution in [-0.4, -0.2) is 38.4 Å². The summed E-state index contributed by atoms with van der Waals surface area (Å²) < 4.78 is 18.9. The van der Waals surface area contributed by atoms with E-state index in [2.05, 4.69) is 0 Å². The van der Waals surface area contributed by atoms with E-state index < -0.39 is 17.0 Å². The molecule has 18 heavy (non-hydrogen) atoms. The molecule has 0 radical (unpaired) electrons. The summed E-state index contributed by atoms with van der Waals surface area (Å²) in [7, 11) is -1.21. The van der Waals surface area contributed by atoms with Gasteiger partial charge < -0.3 is 4.74 Å². The predicted molar refractivity (Wildman–Crippen MR) is 73.4 cm³/mol. The minimum atomic E-state index is -1.21. The fourth-order valence-corrected chi connectivity index (χ4v) is 3.14. The molecule has 1 heterocycles. The molecule has 2 atom stereocenters. The Kier molecular flexibility index (Phi) is 5.10. The highest BCUT2D eigenvalue weighted by atomic mass is 32.2. The lowest BCUT2D eigenvalue weighted by Crippen LogP contribution is -2.49. The number of nitrogens with zero attached hydrogens (tertiary/aromatic N) is 1. The van der Waals surface area contributed by atoms with E-state index in [0.29, 0.717) is 19.6 Å². The second-order valence-corrected chi connectivity index (χ2v) is 7.68. The van der Waals surface area contributed by atoms with E-state index in [1.54, 1.807) is 11.2 Å². The van der Waals surface area contributed by atoms with Gasteiger partial charge in [0, 0.05) is 6.54 Å². The monoisotopic (exact) mass is 273 g/mol. The molecule has 0 spiro atoms. The zero-order valence-electron chi connectivity index (χ0n) is 11.9. The number of rotatable bonds is 3. The van der Waals surface area contributed by atoms with Crippen LogP contribution in [0.2, 0.25) is 0 Å². The topological polar surface area (TPSA) is 46.6 Å². The third-order valence-electron chi connectivity index (χ3n) is 2.78. The van der Waals surface area contributed by atoms with Crippen molar-refractivity contribution in [3.63, 3.8) is 0 Å². The third-order valence-corrected chi connectivity index (χ3v) is 4.66.